The SMILES string of the molecule is Cc1[c-]c(-c2ncc3c4c(cccc24)-c2ccccc2C3=O)cc(C)c1.Cc1ccc(-c2[c-]cccc2)nc1.[Ir]. The molecule has 2 aromatic heterocycles. The van der Waals surface area contributed by atoms with E-state index in [0.717, 1.165) is 55.5 Å². The molecule has 0 saturated carbocycles. The van der Waals surface area contributed by atoms with Gasteiger partial charge in [-0.1, -0.05) is 68.4 Å². The first kappa shape index (κ1) is 27.3. The van der Waals surface area contributed by atoms with E-state index in [1.54, 1.807) is 6.20 Å². The Bertz CT molecular complexity index is 1820. The molecule has 0 spiro atoms. The number of hydrogen-bond donors (Lipinski definition) is 0. The first-order chi connectivity index (χ1) is 19.0. The van der Waals surface area contributed by atoms with Crippen molar-refractivity contribution >= 4 is 16.6 Å². The number of aromatic nitrogens is 2. The summed E-state index contributed by atoms with van der Waals surface area (Å²) in [4.78, 5) is 22.0. The molecule has 0 bridgehead atoms. The average molecular weight is 695 g/mol. The van der Waals surface area contributed by atoms with Crippen LogP contribution in [0.5, 0.6) is 0 Å². The zero-order chi connectivity index (χ0) is 26.9. The molecule has 0 unspecified atom stereocenters. The molecular weight excluding hydrogens is 669 g/mol. The number of hydrogen-bond acceptors (Lipinski definition) is 3. The quantitative estimate of drug-likeness (QED) is 0.171. The zero-order valence-electron chi connectivity index (χ0n) is 22.5. The minimum atomic E-state index is 0. The third-order valence-corrected chi connectivity index (χ3v) is 6.92. The number of carbonyl (C=O) groups excluding carboxylic acids is 1. The first-order valence-electron chi connectivity index (χ1n) is 13.0. The van der Waals surface area contributed by atoms with Crippen molar-refractivity contribution in [3.63, 3.8) is 0 Å². The molecule has 4 heteroatoms. The minimum Gasteiger partial charge on any atom is -0.304 e. The number of pyridine rings is 2. The van der Waals surface area contributed by atoms with Crippen molar-refractivity contribution in [2.24, 2.45) is 0 Å². The number of aryl methyl sites for hydroxylation is 3. The van der Waals surface area contributed by atoms with Gasteiger partial charge in [-0.2, -0.15) is 0 Å². The molecule has 2 heterocycles. The fraction of sp³-hybridized carbons (Fsp3) is 0.0833. The van der Waals surface area contributed by atoms with E-state index in [1.807, 2.05) is 80.7 Å². The topological polar surface area (TPSA) is 42.9 Å². The second-order valence-electron chi connectivity index (χ2n) is 9.87. The molecule has 0 atom stereocenters. The van der Waals surface area contributed by atoms with Crippen LogP contribution in [-0.2, 0) is 20.1 Å². The summed E-state index contributed by atoms with van der Waals surface area (Å²) in [6.07, 6.45) is 3.60. The maximum absolute atomic E-state index is 13.0. The molecule has 4 aromatic carbocycles. The summed E-state index contributed by atoms with van der Waals surface area (Å²) in [6, 6.07) is 36.7. The van der Waals surface area contributed by atoms with Crippen molar-refractivity contribution in [1.29, 1.82) is 0 Å². The predicted molar refractivity (Wildman–Crippen MR) is 158 cm³/mol. The summed E-state index contributed by atoms with van der Waals surface area (Å²) in [5, 5.41) is 2.00. The molecule has 40 heavy (non-hydrogen) atoms. The third kappa shape index (κ3) is 5.16. The van der Waals surface area contributed by atoms with E-state index >= 15 is 0 Å². The predicted octanol–water partition coefficient (Wildman–Crippen LogP) is 8.38. The third-order valence-electron chi connectivity index (χ3n) is 6.92. The van der Waals surface area contributed by atoms with Crippen LogP contribution in [0.15, 0.2) is 103 Å². The summed E-state index contributed by atoms with van der Waals surface area (Å²) < 4.78 is 0. The van der Waals surface area contributed by atoms with Gasteiger partial charge >= 0.3 is 0 Å². The number of fused-ring (bicyclic) bond motifs is 2. The standard InChI is InChI=1S/C24H16NO.C12H10N.Ir/c1-14-10-15(2)12-16(11-14)23-20-9-5-8-18-17-6-3-4-7-19(17)24(26)21(13-25-23)22(18)20;1-10-7-8-12(13-9-10)11-5-3-2-4-6-11;/h3-11,13H,1-2H3;2-5,7-9H,1H3;/q2*-1;. The van der Waals surface area contributed by atoms with Gasteiger partial charge in [0.25, 0.3) is 0 Å². The van der Waals surface area contributed by atoms with Gasteiger partial charge in [0, 0.05) is 43.6 Å². The Morgan fingerprint density at radius 1 is 0.650 bits per heavy atom. The van der Waals surface area contributed by atoms with E-state index < -0.39 is 0 Å². The zero-order valence-corrected chi connectivity index (χ0v) is 24.8. The van der Waals surface area contributed by atoms with Crippen LogP contribution < -0.4 is 0 Å². The van der Waals surface area contributed by atoms with Crippen LogP contribution in [0.4, 0.5) is 0 Å². The van der Waals surface area contributed by atoms with E-state index in [1.165, 1.54) is 11.1 Å². The summed E-state index contributed by atoms with van der Waals surface area (Å²) in [5.74, 6) is 0.0488. The van der Waals surface area contributed by atoms with Gasteiger partial charge in [-0.25, -0.2) is 0 Å². The Balaban J connectivity index is 0.000000195. The molecular formula is C36H26IrN2O-2. The number of nitrogens with zero attached hydrogens (tertiary/aromatic N) is 2. The van der Waals surface area contributed by atoms with Crippen molar-refractivity contribution < 1.29 is 24.9 Å². The number of ketones is 1. The first-order valence-corrected chi connectivity index (χ1v) is 13.0. The van der Waals surface area contributed by atoms with Crippen LogP contribution in [0.25, 0.3) is 44.4 Å². The van der Waals surface area contributed by atoms with Crippen LogP contribution >= 0.6 is 0 Å². The smallest absolute Gasteiger partial charge is 0.195 e. The van der Waals surface area contributed by atoms with Crippen molar-refractivity contribution in [1.82, 2.24) is 9.97 Å². The second kappa shape index (κ2) is 11.5. The van der Waals surface area contributed by atoms with Gasteiger partial charge in [0.1, 0.15) is 0 Å². The van der Waals surface area contributed by atoms with Gasteiger partial charge in [-0.3, -0.25) is 4.79 Å². The Morgan fingerprint density at radius 3 is 2.15 bits per heavy atom. The fourth-order valence-corrected chi connectivity index (χ4v) is 5.18. The van der Waals surface area contributed by atoms with Gasteiger partial charge in [-0.05, 0) is 45.8 Å². The van der Waals surface area contributed by atoms with E-state index in [0.29, 0.717) is 5.56 Å². The van der Waals surface area contributed by atoms with E-state index in [4.69, 9.17) is 0 Å². The van der Waals surface area contributed by atoms with Crippen LogP contribution in [0.1, 0.15) is 32.6 Å². The Kier molecular flexibility index (Phi) is 7.84. The van der Waals surface area contributed by atoms with Crippen molar-refractivity contribution in [2.45, 2.75) is 20.8 Å². The normalized spacial score (nSPS) is 11.2. The maximum Gasteiger partial charge on any atom is 0.195 e. The number of rotatable bonds is 2. The van der Waals surface area contributed by atoms with E-state index in [-0.39, 0.29) is 25.9 Å². The maximum atomic E-state index is 13.0. The van der Waals surface area contributed by atoms with Gasteiger partial charge < -0.3 is 9.97 Å². The Morgan fingerprint density at radius 2 is 1.43 bits per heavy atom. The van der Waals surface area contributed by atoms with Crippen molar-refractivity contribution in [2.75, 3.05) is 0 Å². The molecule has 1 radical (unpaired) electrons. The molecule has 1 aliphatic rings. The molecule has 0 fully saturated rings. The number of carbonyl (C=O) groups is 1. The summed E-state index contributed by atoms with van der Waals surface area (Å²) in [7, 11) is 0. The summed E-state index contributed by atoms with van der Waals surface area (Å²) in [6.45, 7) is 6.15. The number of benzene rings is 4. The van der Waals surface area contributed by atoms with E-state index in [9.17, 15) is 4.79 Å². The summed E-state index contributed by atoms with van der Waals surface area (Å²) in [5.41, 5.74) is 10.8. The minimum absolute atomic E-state index is 0. The average Bonchev–Trinajstić information content (AvgIpc) is 2.96. The van der Waals surface area contributed by atoms with Crippen LogP contribution in [0, 0.1) is 32.9 Å². The molecule has 1 aliphatic carbocycles. The summed E-state index contributed by atoms with van der Waals surface area (Å²) >= 11 is 0. The van der Waals surface area contributed by atoms with Gasteiger partial charge in [-0.15, -0.1) is 70.8 Å². The van der Waals surface area contributed by atoms with Gasteiger partial charge in [0.2, 0.25) is 0 Å². The molecule has 3 nitrogen and oxygen atoms in total. The van der Waals surface area contributed by atoms with Crippen LogP contribution in [0.3, 0.4) is 0 Å². The molecule has 0 saturated heterocycles. The molecule has 197 valence electrons. The molecule has 0 amide bonds. The van der Waals surface area contributed by atoms with Gasteiger partial charge in [0.05, 0.1) is 0 Å². The molecule has 0 N–H and O–H groups in total. The molecule has 0 aliphatic heterocycles. The van der Waals surface area contributed by atoms with Gasteiger partial charge in [0.15, 0.2) is 5.78 Å². The monoisotopic (exact) mass is 695 g/mol. The van der Waals surface area contributed by atoms with E-state index in [2.05, 4.69) is 59.4 Å². The Labute approximate surface area is 248 Å². The molecule has 7 rings (SSSR count). The van der Waals surface area contributed by atoms with Crippen molar-refractivity contribution in [3.8, 4) is 33.6 Å². The largest absolute Gasteiger partial charge is 0.304 e. The van der Waals surface area contributed by atoms with Crippen LogP contribution in [0.2, 0.25) is 0 Å². The van der Waals surface area contributed by atoms with Crippen LogP contribution in [-0.4, -0.2) is 15.8 Å². The second-order valence-corrected chi connectivity index (χ2v) is 9.87. The fourth-order valence-electron chi connectivity index (χ4n) is 5.18. The molecule has 6 aromatic rings. The van der Waals surface area contributed by atoms with Crippen molar-refractivity contribution in [3.05, 3.63) is 143 Å². The Hall–Kier alpha value is -4.24.